The van der Waals surface area contributed by atoms with Crippen LogP contribution in [0.4, 0.5) is 26.3 Å². The van der Waals surface area contributed by atoms with E-state index in [2.05, 4.69) is 15.4 Å². The first kappa shape index (κ1) is 30.4. The normalized spacial score (nSPS) is 12.4. The number of carbonyl (C=O) groups excluding carboxylic acids is 2. The molecule has 0 aliphatic heterocycles. The van der Waals surface area contributed by atoms with Gasteiger partial charge in [0.05, 0.1) is 17.8 Å². The molecule has 2 aromatic heterocycles. The average molecular weight is 590 g/mol. The fraction of sp³-hybridized carbons (Fsp3) is 0.241. The first-order chi connectivity index (χ1) is 19.8. The van der Waals surface area contributed by atoms with Gasteiger partial charge < -0.3 is 11.1 Å². The van der Waals surface area contributed by atoms with Gasteiger partial charge in [-0.25, -0.2) is 13.2 Å². The number of benzene rings is 2. The first-order valence-corrected chi connectivity index (χ1v) is 12.6. The Hall–Kier alpha value is -4.52. The van der Waals surface area contributed by atoms with Crippen LogP contribution in [0.15, 0.2) is 60.9 Å². The van der Waals surface area contributed by atoms with Gasteiger partial charge in [-0.1, -0.05) is 12.1 Å². The minimum Gasteiger partial charge on any atom is -0.366 e. The number of nitrogens with one attached hydrogen (secondary N) is 1. The largest absolute Gasteiger partial charge is 0.435 e. The van der Waals surface area contributed by atoms with Crippen LogP contribution in [-0.4, -0.2) is 33.5 Å². The van der Waals surface area contributed by atoms with E-state index in [4.69, 9.17) is 5.73 Å². The number of hydrogen-bond acceptors (Lipinski definition) is 5. The lowest BCUT2D eigenvalue weighted by atomic mass is 9.86. The first-order valence-electron chi connectivity index (χ1n) is 12.6. The number of nitrogens with two attached hydrogens (primary N) is 1. The molecule has 220 valence electrons. The van der Waals surface area contributed by atoms with Gasteiger partial charge in [0.2, 0.25) is 0 Å². The zero-order chi connectivity index (χ0) is 30.6. The van der Waals surface area contributed by atoms with Crippen LogP contribution in [-0.2, 0) is 30.5 Å². The molecule has 42 heavy (non-hydrogen) atoms. The van der Waals surface area contributed by atoms with Crippen molar-refractivity contribution in [2.45, 2.75) is 38.0 Å². The number of amides is 1. The molecule has 13 heteroatoms. The molecule has 0 bridgehead atoms. The van der Waals surface area contributed by atoms with E-state index in [1.54, 1.807) is 12.1 Å². The SMILES string of the molecule is CNCc1cn(CC(=O)C[C@@H](Cc2cc(F)cc(F)c2)c2ncccc2-c2ccc(F)c(C(N)=O)c2)nc1C(F)(F)F. The fourth-order valence-corrected chi connectivity index (χ4v) is 4.77. The topological polar surface area (TPSA) is 103 Å². The highest BCUT2D eigenvalue weighted by Crippen LogP contribution is 2.34. The highest BCUT2D eigenvalue weighted by Gasteiger charge is 2.37. The van der Waals surface area contributed by atoms with E-state index in [-0.39, 0.29) is 41.8 Å². The molecule has 0 saturated carbocycles. The van der Waals surface area contributed by atoms with Crippen molar-refractivity contribution in [3.63, 3.8) is 0 Å². The lowest BCUT2D eigenvalue weighted by molar-refractivity contribution is -0.142. The highest BCUT2D eigenvalue weighted by molar-refractivity contribution is 5.94. The summed E-state index contributed by atoms with van der Waals surface area (Å²) in [5.74, 6) is -4.88. The van der Waals surface area contributed by atoms with Crippen LogP contribution in [0, 0.1) is 17.5 Å². The smallest absolute Gasteiger partial charge is 0.366 e. The van der Waals surface area contributed by atoms with Crippen LogP contribution < -0.4 is 11.1 Å². The van der Waals surface area contributed by atoms with Gasteiger partial charge in [-0.2, -0.15) is 18.3 Å². The Kier molecular flexibility index (Phi) is 9.10. The summed E-state index contributed by atoms with van der Waals surface area (Å²) < 4.78 is 83.5. The Balaban J connectivity index is 1.72. The number of halogens is 6. The molecule has 0 radical (unpaired) electrons. The zero-order valence-electron chi connectivity index (χ0n) is 22.2. The van der Waals surface area contributed by atoms with Gasteiger partial charge in [0.15, 0.2) is 11.5 Å². The maximum Gasteiger partial charge on any atom is 0.435 e. The van der Waals surface area contributed by atoms with E-state index in [0.717, 1.165) is 29.1 Å². The molecule has 2 aromatic carbocycles. The highest BCUT2D eigenvalue weighted by atomic mass is 19.4. The van der Waals surface area contributed by atoms with Crippen molar-refractivity contribution in [1.29, 1.82) is 0 Å². The van der Waals surface area contributed by atoms with Crippen LogP contribution in [0.5, 0.6) is 0 Å². The molecule has 1 amide bonds. The lowest BCUT2D eigenvalue weighted by Crippen LogP contribution is -2.18. The number of alkyl halides is 3. The molecule has 1 atom stereocenters. The number of carbonyl (C=O) groups is 2. The average Bonchev–Trinajstić information content (AvgIpc) is 3.31. The number of nitrogens with zero attached hydrogens (tertiary/aromatic N) is 3. The van der Waals surface area contributed by atoms with Crippen molar-refractivity contribution < 1.29 is 35.9 Å². The molecule has 0 aliphatic carbocycles. The van der Waals surface area contributed by atoms with Crippen molar-refractivity contribution >= 4 is 11.7 Å². The molecular weight excluding hydrogens is 564 g/mol. The van der Waals surface area contributed by atoms with Crippen LogP contribution in [0.3, 0.4) is 0 Å². The Bertz CT molecular complexity index is 1600. The van der Waals surface area contributed by atoms with Gasteiger partial charge >= 0.3 is 6.18 Å². The van der Waals surface area contributed by atoms with E-state index in [0.29, 0.717) is 17.2 Å². The third kappa shape index (κ3) is 7.21. The van der Waals surface area contributed by atoms with Crippen LogP contribution in [0.2, 0.25) is 0 Å². The quantitative estimate of drug-likeness (QED) is 0.235. The number of Topliss-reactive ketones (excluding diaryl/α,β-unsaturated/α-hetero) is 1. The summed E-state index contributed by atoms with van der Waals surface area (Å²) in [4.78, 5) is 29.4. The predicted molar refractivity (Wildman–Crippen MR) is 141 cm³/mol. The van der Waals surface area contributed by atoms with Gasteiger partial charge in [0, 0.05) is 48.5 Å². The van der Waals surface area contributed by atoms with Gasteiger partial charge in [0.25, 0.3) is 5.91 Å². The van der Waals surface area contributed by atoms with E-state index >= 15 is 0 Å². The standard InChI is InChI=1S/C29H25F6N5O2/c1-37-13-19-14-40(39-27(19)29(33,34)35)15-22(41)10-18(7-16-8-20(30)12-21(31)9-16)26-23(3-2-6-38-26)17-4-5-25(32)24(11-17)28(36)42/h2-6,8-9,11-12,14,18,37H,7,10,13,15H2,1H3,(H2,36,42)/t18-/m1/s1. The van der Waals surface area contributed by atoms with Gasteiger partial charge in [-0.3, -0.25) is 19.3 Å². The molecule has 0 spiro atoms. The minimum absolute atomic E-state index is 0.0772. The van der Waals surface area contributed by atoms with E-state index in [9.17, 15) is 35.9 Å². The molecule has 0 fully saturated rings. The predicted octanol–water partition coefficient (Wildman–Crippen LogP) is 5.19. The Morgan fingerprint density at radius 3 is 2.40 bits per heavy atom. The van der Waals surface area contributed by atoms with Crippen molar-refractivity contribution in [3.8, 4) is 11.1 Å². The van der Waals surface area contributed by atoms with Gasteiger partial charge in [-0.05, 0) is 54.9 Å². The third-order valence-electron chi connectivity index (χ3n) is 6.46. The van der Waals surface area contributed by atoms with Crippen LogP contribution >= 0.6 is 0 Å². The third-order valence-corrected chi connectivity index (χ3v) is 6.46. The summed E-state index contributed by atoms with van der Waals surface area (Å²) in [7, 11) is 1.47. The summed E-state index contributed by atoms with van der Waals surface area (Å²) >= 11 is 0. The van der Waals surface area contributed by atoms with E-state index in [1.807, 2.05) is 0 Å². The molecule has 0 unspecified atom stereocenters. The summed E-state index contributed by atoms with van der Waals surface area (Å²) in [6.45, 7) is -0.635. The van der Waals surface area contributed by atoms with E-state index < -0.39 is 53.5 Å². The van der Waals surface area contributed by atoms with Crippen molar-refractivity contribution in [2.75, 3.05) is 7.05 Å². The molecule has 3 N–H and O–H groups in total. The summed E-state index contributed by atoms with van der Waals surface area (Å²) in [6, 6.07) is 9.72. The Morgan fingerprint density at radius 2 is 1.76 bits per heavy atom. The second-order valence-electron chi connectivity index (χ2n) is 9.65. The van der Waals surface area contributed by atoms with Crippen LogP contribution in [0.1, 0.15) is 45.2 Å². The second kappa shape index (κ2) is 12.6. The van der Waals surface area contributed by atoms with Gasteiger partial charge in [-0.15, -0.1) is 0 Å². The fourth-order valence-electron chi connectivity index (χ4n) is 4.77. The van der Waals surface area contributed by atoms with Crippen molar-refractivity contribution in [3.05, 3.63) is 106 Å². The van der Waals surface area contributed by atoms with E-state index in [1.165, 1.54) is 25.4 Å². The second-order valence-corrected chi connectivity index (χ2v) is 9.65. The Labute approximate surface area is 236 Å². The lowest BCUT2D eigenvalue weighted by Gasteiger charge is -2.20. The molecule has 4 rings (SSSR count). The number of aromatic nitrogens is 3. The maximum atomic E-state index is 14.2. The Morgan fingerprint density at radius 1 is 1.05 bits per heavy atom. The maximum absolute atomic E-state index is 14.2. The van der Waals surface area contributed by atoms with Crippen LogP contribution in [0.25, 0.3) is 11.1 Å². The summed E-state index contributed by atoms with van der Waals surface area (Å²) in [5, 5.41) is 6.19. The number of hydrogen-bond donors (Lipinski definition) is 2. The minimum atomic E-state index is -4.73. The number of ketones is 1. The number of pyridine rings is 1. The van der Waals surface area contributed by atoms with Gasteiger partial charge in [0.1, 0.15) is 17.5 Å². The molecule has 0 saturated heterocycles. The number of rotatable bonds is 11. The monoisotopic (exact) mass is 589 g/mol. The molecular formula is C29H25F6N5O2. The molecule has 2 heterocycles. The molecule has 7 nitrogen and oxygen atoms in total. The summed E-state index contributed by atoms with van der Waals surface area (Å²) in [5.41, 5.74) is 4.88. The molecule has 4 aromatic rings. The summed E-state index contributed by atoms with van der Waals surface area (Å²) in [6.07, 6.45) is -2.55. The molecule has 0 aliphatic rings. The zero-order valence-corrected chi connectivity index (χ0v) is 22.2. The van der Waals surface area contributed by atoms with Crippen molar-refractivity contribution in [2.24, 2.45) is 5.73 Å². The van der Waals surface area contributed by atoms with Crippen molar-refractivity contribution in [1.82, 2.24) is 20.1 Å². The number of primary amides is 1.